The molecule has 1 aromatic carbocycles. The highest BCUT2D eigenvalue weighted by atomic mass is 32.2. The third kappa shape index (κ3) is 3.45. The van der Waals surface area contributed by atoms with Crippen molar-refractivity contribution in [2.24, 2.45) is 0 Å². The Kier molecular flexibility index (Phi) is 4.51. The maximum atomic E-state index is 12.4. The molecule has 0 aliphatic rings. The van der Waals surface area contributed by atoms with Crippen LogP contribution in [0.15, 0.2) is 35.4 Å². The maximum absolute atomic E-state index is 12.4. The molecule has 0 aliphatic carbocycles. The molecule has 118 valence electrons. The van der Waals surface area contributed by atoms with E-state index in [0.717, 1.165) is 0 Å². The van der Waals surface area contributed by atoms with Crippen molar-refractivity contribution in [1.29, 1.82) is 0 Å². The second kappa shape index (κ2) is 6.18. The van der Waals surface area contributed by atoms with E-state index in [4.69, 9.17) is 0 Å². The fourth-order valence-electron chi connectivity index (χ4n) is 2.05. The van der Waals surface area contributed by atoms with Crippen molar-refractivity contribution >= 4 is 27.3 Å². The van der Waals surface area contributed by atoms with Crippen LogP contribution in [0.25, 0.3) is 0 Å². The van der Waals surface area contributed by atoms with Crippen LogP contribution in [0, 0.1) is 6.92 Å². The number of rotatable bonds is 5. The van der Waals surface area contributed by atoms with Gasteiger partial charge < -0.3 is 5.32 Å². The average molecular weight is 322 g/mol. The largest absolute Gasteiger partial charge is 0.326 e. The SMILES string of the molecule is CCn1ncc(S(=O)(=O)Nc2ccc(NC(C)=O)cc2)c1C. The van der Waals surface area contributed by atoms with Gasteiger partial charge in [-0.05, 0) is 38.1 Å². The lowest BCUT2D eigenvalue weighted by Crippen LogP contribution is -2.14. The Bertz CT molecular complexity index is 779. The number of aryl methyl sites for hydroxylation is 1. The summed E-state index contributed by atoms with van der Waals surface area (Å²) in [7, 11) is -3.69. The van der Waals surface area contributed by atoms with Crippen LogP contribution in [0.2, 0.25) is 0 Å². The number of sulfonamides is 1. The molecule has 0 bridgehead atoms. The zero-order chi connectivity index (χ0) is 16.3. The van der Waals surface area contributed by atoms with E-state index in [1.165, 1.54) is 13.1 Å². The van der Waals surface area contributed by atoms with Crippen LogP contribution in [0.1, 0.15) is 19.5 Å². The first-order valence-electron chi connectivity index (χ1n) is 6.76. The molecule has 1 heterocycles. The molecule has 0 aliphatic heterocycles. The van der Waals surface area contributed by atoms with Crippen LogP contribution in [0.5, 0.6) is 0 Å². The highest BCUT2D eigenvalue weighted by molar-refractivity contribution is 7.92. The van der Waals surface area contributed by atoms with Gasteiger partial charge in [-0.1, -0.05) is 0 Å². The minimum Gasteiger partial charge on any atom is -0.326 e. The highest BCUT2D eigenvalue weighted by Gasteiger charge is 2.20. The number of hydrogen-bond donors (Lipinski definition) is 2. The molecule has 0 saturated heterocycles. The number of anilines is 2. The van der Waals surface area contributed by atoms with E-state index >= 15 is 0 Å². The van der Waals surface area contributed by atoms with Gasteiger partial charge >= 0.3 is 0 Å². The van der Waals surface area contributed by atoms with Gasteiger partial charge in [0.2, 0.25) is 5.91 Å². The molecule has 0 saturated carbocycles. The molecule has 2 rings (SSSR count). The molecule has 1 amide bonds. The van der Waals surface area contributed by atoms with Crippen LogP contribution in [0.3, 0.4) is 0 Å². The van der Waals surface area contributed by atoms with Crippen LogP contribution >= 0.6 is 0 Å². The average Bonchev–Trinajstić information content (AvgIpc) is 2.82. The summed E-state index contributed by atoms with van der Waals surface area (Å²) in [5, 5.41) is 6.66. The number of nitrogens with zero attached hydrogens (tertiary/aromatic N) is 2. The van der Waals surface area contributed by atoms with E-state index in [1.54, 1.807) is 35.9 Å². The van der Waals surface area contributed by atoms with Crippen molar-refractivity contribution < 1.29 is 13.2 Å². The lowest BCUT2D eigenvalue weighted by Gasteiger charge is -2.09. The number of nitrogens with one attached hydrogen (secondary N) is 2. The summed E-state index contributed by atoms with van der Waals surface area (Å²) in [5.74, 6) is -0.184. The Morgan fingerprint density at radius 1 is 1.23 bits per heavy atom. The summed E-state index contributed by atoms with van der Waals surface area (Å²) in [6.45, 7) is 5.62. The van der Waals surface area contributed by atoms with Crippen molar-refractivity contribution in [2.75, 3.05) is 10.0 Å². The summed E-state index contributed by atoms with van der Waals surface area (Å²) in [6, 6.07) is 6.42. The predicted molar refractivity (Wildman–Crippen MR) is 84.2 cm³/mol. The minimum atomic E-state index is -3.69. The van der Waals surface area contributed by atoms with Gasteiger partial charge in [-0.2, -0.15) is 5.10 Å². The lowest BCUT2D eigenvalue weighted by atomic mass is 10.3. The smallest absolute Gasteiger partial charge is 0.265 e. The Balaban J connectivity index is 2.21. The highest BCUT2D eigenvalue weighted by Crippen LogP contribution is 2.20. The van der Waals surface area contributed by atoms with Gasteiger partial charge in [-0.3, -0.25) is 14.2 Å². The van der Waals surface area contributed by atoms with E-state index in [0.29, 0.717) is 23.6 Å². The van der Waals surface area contributed by atoms with Gasteiger partial charge in [0, 0.05) is 24.8 Å². The second-order valence-corrected chi connectivity index (χ2v) is 6.42. The molecule has 1 aromatic heterocycles. The van der Waals surface area contributed by atoms with Gasteiger partial charge in [0.1, 0.15) is 4.90 Å². The Morgan fingerprint density at radius 2 is 1.82 bits per heavy atom. The van der Waals surface area contributed by atoms with E-state index in [1.807, 2.05) is 6.92 Å². The van der Waals surface area contributed by atoms with Crippen LogP contribution in [0.4, 0.5) is 11.4 Å². The van der Waals surface area contributed by atoms with Crippen molar-refractivity contribution in [3.8, 4) is 0 Å². The molecule has 0 fully saturated rings. The first-order chi connectivity index (χ1) is 10.3. The Labute approximate surface area is 129 Å². The van der Waals surface area contributed by atoms with Gasteiger partial charge in [0.25, 0.3) is 10.0 Å². The van der Waals surface area contributed by atoms with Crippen molar-refractivity contribution in [2.45, 2.75) is 32.2 Å². The van der Waals surface area contributed by atoms with Crippen LogP contribution in [-0.4, -0.2) is 24.1 Å². The first-order valence-corrected chi connectivity index (χ1v) is 8.24. The summed E-state index contributed by atoms with van der Waals surface area (Å²) < 4.78 is 28.9. The molecule has 0 unspecified atom stereocenters. The quantitative estimate of drug-likeness (QED) is 0.880. The Morgan fingerprint density at radius 3 is 2.32 bits per heavy atom. The summed E-state index contributed by atoms with van der Waals surface area (Å²) in [4.78, 5) is 11.1. The summed E-state index contributed by atoms with van der Waals surface area (Å²) >= 11 is 0. The standard InChI is InChI=1S/C14H18N4O3S/c1-4-18-10(2)14(9-15-18)22(20,21)17-13-7-5-12(6-8-13)16-11(3)19/h5-9,17H,4H2,1-3H3,(H,16,19). The molecule has 22 heavy (non-hydrogen) atoms. The topological polar surface area (TPSA) is 93.1 Å². The van der Waals surface area contributed by atoms with Gasteiger partial charge in [0.05, 0.1) is 11.9 Å². The predicted octanol–water partition coefficient (Wildman–Crippen LogP) is 1.97. The van der Waals surface area contributed by atoms with E-state index in [2.05, 4.69) is 15.1 Å². The zero-order valence-corrected chi connectivity index (χ0v) is 13.4. The summed E-state index contributed by atoms with van der Waals surface area (Å²) in [6.07, 6.45) is 1.34. The van der Waals surface area contributed by atoms with E-state index < -0.39 is 10.0 Å². The maximum Gasteiger partial charge on any atom is 0.265 e. The molecule has 0 spiro atoms. The monoisotopic (exact) mass is 322 g/mol. The number of carbonyl (C=O) groups is 1. The molecule has 0 atom stereocenters. The molecular weight excluding hydrogens is 304 g/mol. The second-order valence-electron chi connectivity index (χ2n) is 4.77. The van der Waals surface area contributed by atoms with Gasteiger partial charge in [-0.15, -0.1) is 0 Å². The number of carbonyl (C=O) groups excluding carboxylic acids is 1. The number of benzene rings is 1. The number of amides is 1. The van der Waals surface area contributed by atoms with E-state index in [-0.39, 0.29) is 10.8 Å². The third-order valence-corrected chi connectivity index (χ3v) is 4.59. The molecule has 7 nitrogen and oxygen atoms in total. The molecule has 2 aromatic rings. The lowest BCUT2D eigenvalue weighted by molar-refractivity contribution is -0.114. The number of aromatic nitrogens is 2. The third-order valence-electron chi connectivity index (χ3n) is 3.10. The van der Waals surface area contributed by atoms with Crippen molar-refractivity contribution in [1.82, 2.24) is 9.78 Å². The molecular formula is C14H18N4O3S. The normalized spacial score (nSPS) is 11.2. The van der Waals surface area contributed by atoms with Crippen LogP contribution in [-0.2, 0) is 21.4 Å². The molecule has 2 N–H and O–H groups in total. The van der Waals surface area contributed by atoms with Crippen molar-refractivity contribution in [3.63, 3.8) is 0 Å². The zero-order valence-electron chi connectivity index (χ0n) is 12.6. The first kappa shape index (κ1) is 16.0. The molecule has 0 radical (unpaired) electrons. The van der Waals surface area contributed by atoms with Gasteiger partial charge in [0.15, 0.2) is 0 Å². The van der Waals surface area contributed by atoms with Crippen molar-refractivity contribution in [3.05, 3.63) is 36.2 Å². The molecule has 8 heteroatoms. The fraction of sp³-hybridized carbons (Fsp3) is 0.286. The van der Waals surface area contributed by atoms with Crippen LogP contribution < -0.4 is 10.0 Å². The van der Waals surface area contributed by atoms with Gasteiger partial charge in [-0.25, -0.2) is 8.42 Å². The Hall–Kier alpha value is -2.35. The summed E-state index contributed by atoms with van der Waals surface area (Å²) in [5.41, 5.74) is 1.60. The number of hydrogen-bond acceptors (Lipinski definition) is 4. The minimum absolute atomic E-state index is 0.153. The van der Waals surface area contributed by atoms with E-state index in [9.17, 15) is 13.2 Å². The fourth-order valence-corrected chi connectivity index (χ4v) is 3.28.